The van der Waals surface area contributed by atoms with Crippen LogP contribution in [0.15, 0.2) is 36.4 Å². The zero-order chi connectivity index (χ0) is 46.6. The van der Waals surface area contributed by atoms with E-state index in [1.54, 1.807) is 0 Å². The van der Waals surface area contributed by atoms with Gasteiger partial charge in [-0.25, -0.2) is 0 Å². The smallest absolute Gasteiger partial charge is 0.306 e. The number of aryl methyl sites for hydroxylation is 6. The molecule has 346 valence electrons. The molecule has 9 nitrogen and oxygen atoms in total. The normalized spacial score (nSPS) is 19.9. The van der Waals surface area contributed by atoms with Gasteiger partial charge in [-0.2, -0.15) is 11.8 Å². The quantitative estimate of drug-likeness (QED) is 0.0682. The Bertz CT molecular complexity index is 2120. The summed E-state index contributed by atoms with van der Waals surface area (Å²) in [5.41, 5.74) is 7.24. The maximum absolute atomic E-state index is 13.3. The molecule has 10 heteroatoms. The fraction of sp³-hybridized carbons (Fsp3) is 0.604. The molecular weight excluding hydrogens is 813 g/mol. The van der Waals surface area contributed by atoms with Crippen LogP contribution in [0.5, 0.6) is 17.2 Å². The molecule has 3 N–H and O–H groups in total. The number of ether oxygens (including phenoxy) is 3. The molecule has 0 radical (unpaired) electrons. The van der Waals surface area contributed by atoms with Crippen LogP contribution in [0, 0.1) is 44.4 Å². The van der Waals surface area contributed by atoms with E-state index >= 15 is 0 Å². The lowest BCUT2D eigenvalue weighted by Gasteiger charge is -2.35. The van der Waals surface area contributed by atoms with Gasteiger partial charge in [0.15, 0.2) is 0 Å². The number of hydrogen-bond donors (Lipinski definition) is 3. The van der Waals surface area contributed by atoms with Crippen molar-refractivity contribution in [2.24, 2.45) is 23.7 Å². The minimum atomic E-state index is -0.274. The number of carbonyl (C=O) groups is 3. The number of benzene rings is 3. The summed E-state index contributed by atoms with van der Waals surface area (Å²) in [6.07, 6.45) is 4.19. The molecule has 2 fully saturated rings. The van der Waals surface area contributed by atoms with Crippen LogP contribution >= 0.6 is 11.8 Å². The predicted octanol–water partition coefficient (Wildman–Crippen LogP) is 10.8. The third-order valence-corrected chi connectivity index (χ3v) is 14.6. The highest BCUT2D eigenvalue weighted by Crippen LogP contribution is 2.56. The number of hydrogen-bond acceptors (Lipinski definition) is 10. The van der Waals surface area contributed by atoms with Gasteiger partial charge in [-0.05, 0) is 131 Å². The van der Waals surface area contributed by atoms with Crippen molar-refractivity contribution < 1.29 is 43.9 Å². The molecule has 5 rings (SSSR count). The van der Waals surface area contributed by atoms with Crippen LogP contribution in [0.25, 0.3) is 0 Å². The summed E-state index contributed by atoms with van der Waals surface area (Å²) in [7, 11) is 0. The third kappa shape index (κ3) is 13.0. The third-order valence-electron chi connectivity index (χ3n) is 13.2. The molecule has 63 heavy (non-hydrogen) atoms. The second kappa shape index (κ2) is 20.3. The highest BCUT2D eigenvalue weighted by atomic mass is 32.2. The molecule has 3 aromatic rings. The van der Waals surface area contributed by atoms with E-state index in [9.17, 15) is 29.7 Å². The topological polar surface area (TPSA) is 140 Å². The van der Waals surface area contributed by atoms with Crippen molar-refractivity contribution in [3.05, 3.63) is 86.5 Å². The number of rotatable bonds is 17. The molecule has 0 heterocycles. The Hall–Kier alpha value is -4.18. The van der Waals surface area contributed by atoms with E-state index in [0.717, 1.165) is 62.9 Å². The van der Waals surface area contributed by atoms with Crippen LogP contribution in [0.2, 0.25) is 0 Å². The highest BCUT2D eigenvalue weighted by molar-refractivity contribution is 7.99. The molecule has 0 aliphatic heterocycles. The molecule has 0 saturated heterocycles. The van der Waals surface area contributed by atoms with Gasteiger partial charge in [0.1, 0.15) is 23.9 Å². The molecule has 0 amide bonds. The summed E-state index contributed by atoms with van der Waals surface area (Å²) >= 11 is 1.81. The van der Waals surface area contributed by atoms with Gasteiger partial charge in [0.05, 0.1) is 13.2 Å². The van der Waals surface area contributed by atoms with Crippen LogP contribution in [0.4, 0.5) is 0 Å². The Kier molecular flexibility index (Phi) is 16.1. The Morgan fingerprint density at radius 2 is 0.921 bits per heavy atom. The Morgan fingerprint density at radius 1 is 0.556 bits per heavy atom. The average molecular weight is 887 g/mol. The Balaban J connectivity index is 1.17. The van der Waals surface area contributed by atoms with Gasteiger partial charge in [0, 0.05) is 42.1 Å². The first kappa shape index (κ1) is 49.8. The van der Waals surface area contributed by atoms with Crippen molar-refractivity contribution in [3.8, 4) is 17.2 Å². The van der Waals surface area contributed by atoms with Crippen LogP contribution < -0.4 is 0 Å². The van der Waals surface area contributed by atoms with Gasteiger partial charge in [0.25, 0.3) is 0 Å². The van der Waals surface area contributed by atoms with Crippen molar-refractivity contribution in [1.29, 1.82) is 0 Å². The standard InChI is InChI=1S/C53H74O9S/c1-31-21-34(24-41(48(31)57)51(4,5)6)13-16-45(54)60-19-20-63-44-28-37-27-38(44)40(30-62-47(56)18-15-36-23-33(3)50(59)43(26-36)53(10,11)12)39(37)29-61-46(55)17-14-35-22-32(2)49(58)42(25-35)52(7,8)9/h21-26,37-40,44,57-59H,13-20,27-30H2,1-12H3. The van der Waals surface area contributed by atoms with E-state index in [0.29, 0.717) is 60.0 Å². The molecule has 2 bridgehead atoms. The first-order valence-electron chi connectivity index (χ1n) is 22.9. The molecule has 2 aliphatic rings. The first-order valence-corrected chi connectivity index (χ1v) is 24.0. The molecule has 5 unspecified atom stereocenters. The fourth-order valence-electron chi connectivity index (χ4n) is 9.64. The highest BCUT2D eigenvalue weighted by Gasteiger charge is 2.53. The van der Waals surface area contributed by atoms with Crippen LogP contribution in [0.1, 0.15) is 144 Å². The predicted molar refractivity (Wildman–Crippen MR) is 252 cm³/mol. The maximum Gasteiger partial charge on any atom is 0.306 e. The van der Waals surface area contributed by atoms with E-state index < -0.39 is 0 Å². The van der Waals surface area contributed by atoms with E-state index in [1.807, 2.05) is 68.9 Å². The summed E-state index contributed by atoms with van der Waals surface area (Å²) in [6.45, 7) is 25.0. The number of esters is 3. The number of phenolic OH excluding ortho intramolecular Hbond substituents is 3. The minimum Gasteiger partial charge on any atom is -0.507 e. The summed E-state index contributed by atoms with van der Waals surface area (Å²) in [5.74, 6) is 1.47. The van der Waals surface area contributed by atoms with E-state index in [-0.39, 0.29) is 84.4 Å². The van der Waals surface area contributed by atoms with Gasteiger partial charge in [0.2, 0.25) is 0 Å². The summed E-state index contributed by atoms with van der Waals surface area (Å²) in [6, 6.07) is 11.8. The van der Waals surface area contributed by atoms with Crippen molar-refractivity contribution in [2.45, 2.75) is 156 Å². The SMILES string of the molecule is Cc1cc(CCC(=O)OCCSC2CC3CC2C(COC(=O)CCc2cc(C)c(O)c(C(C)(C)C)c2)C3COC(=O)CCc2cc(C)c(O)c(C(C)(C)C)c2)cc(C(C)(C)C)c1O. The van der Waals surface area contributed by atoms with Crippen LogP contribution in [-0.4, -0.2) is 64.1 Å². The molecule has 0 aromatic heterocycles. The lowest BCUT2D eigenvalue weighted by atomic mass is 9.80. The molecule has 2 aliphatic carbocycles. The monoisotopic (exact) mass is 887 g/mol. The zero-order valence-electron chi connectivity index (χ0n) is 40.0. The molecule has 3 aromatic carbocycles. The lowest BCUT2D eigenvalue weighted by Crippen LogP contribution is -2.36. The second-order valence-electron chi connectivity index (χ2n) is 21.4. The maximum atomic E-state index is 13.3. The van der Waals surface area contributed by atoms with Crippen molar-refractivity contribution >= 4 is 29.7 Å². The van der Waals surface area contributed by atoms with Gasteiger partial charge >= 0.3 is 17.9 Å². The zero-order valence-corrected chi connectivity index (χ0v) is 40.9. The Morgan fingerprint density at radius 3 is 1.30 bits per heavy atom. The van der Waals surface area contributed by atoms with E-state index in [2.05, 4.69) is 62.3 Å². The van der Waals surface area contributed by atoms with Crippen molar-refractivity contribution in [2.75, 3.05) is 25.6 Å². The molecular formula is C53H74O9S. The molecule has 0 spiro atoms. The van der Waals surface area contributed by atoms with Gasteiger partial charge in [-0.1, -0.05) is 98.7 Å². The number of fused-ring (bicyclic) bond motifs is 2. The summed E-state index contributed by atoms with van der Waals surface area (Å²) < 4.78 is 17.7. The minimum absolute atomic E-state index is 0.0322. The first-order chi connectivity index (χ1) is 29.3. The second-order valence-corrected chi connectivity index (χ2v) is 22.7. The number of carbonyl (C=O) groups excluding carboxylic acids is 3. The van der Waals surface area contributed by atoms with Gasteiger partial charge < -0.3 is 29.5 Å². The van der Waals surface area contributed by atoms with Crippen LogP contribution in [-0.2, 0) is 64.1 Å². The van der Waals surface area contributed by atoms with Crippen molar-refractivity contribution in [1.82, 2.24) is 0 Å². The average Bonchev–Trinajstić information content (AvgIpc) is 3.75. The number of phenols is 3. The summed E-state index contributed by atoms with van der Waals surface area (Å²) in [4.78, 5) is 39.3. The van der Waals surface area contributed by atoms with E-state index in [1.165, 1.54) is 0 Å². The molecule has 5 atom stereocenters. The Labute approximate surface area is 381 Å². The van der Waals surface area contributed by atoms with E-state index in [4.69, 9.17) is 14.2 Å². The fourth-order valence-corrected chi connectivity index (χ4v) is 11.1. The van der Waals surface area contributed by atoms with Crippen molar-refractivity contribution in [3.63, 3.8) is 0 Å². The van der Waals surface area contributed by atoms with Gasteiger partial charge in [-0.15, -0.1) is 0 Å². The number of thioether (sulfide) groups is 1. The summed E-state index contributed by atoms with van der Waals surface area (Å²) in [5, 5.41) is 32.3. The molecule has 2 saturated carbocycles. The van der Waals surface area contributed by atoms with Crippen LogP contribution in [0.3, 0.4) is 0 Å². The largest absolute Gasteiger partial charge is 0.507 e. The lowest BCUT2D eigenvalue weighted by molar-refractivity contribution is -0.150. The van der Waals surface area contributed by atoms with Gasteiger partial charge in [-0.3, -0.25) is 14.4 Å². The number of aromatic hydroxyl groups is 3.